The number of ketones is 2. The molecule has 0 aromatic heterocycles. The van der Waals surface area contributed by atoms with Gasteiger partial charge in [0.05, 0.1) is 21.0 Å². The Bertz CT molecular complexity index is 1230. The molecule has 2 aromatic carbocycles. The van der Waals surface area contributed by atoms with Crippen LogP contribution in [-0.4, -0.2) is 41.1 Å². The topological polar surface area (TPSA) is 86.7 Å². The van der Waals surface area contributed by atoms with E-state index in [0.29, 0.717) is 37.2 Å². The fraction of sp³-hybridized carbons (Fsp3) is 0.484. The molecule has 2 aliphatic rings. The fourth-order valence-electron chi connectivity index (χ4n) is 3.67. The predicted molar refractivity (Wildman–Crippen MR) is 156 cm³/mol. The quantitative estimate of drug-likeness (QED) is 0.251. The van der Waals surface area contributed by atoms with Gasteiger partial charge in [-0.05, 0) is 52.7 Å². The lowest BCUT2D eigenvalue weighted by atomic mass is 9.91. The molecule has 2 heterocycles. The first-order valence-corrected chi connectivity index (χ1v) is 15.2. The number of ether oxygens (including phenoxy) is 2. The molecule has 0 saturated heterocycles. The molecule has 0 radical (unpaired) electrons. The molecule has 4 rings (SSSR count). The van der Waals surface area contributed by atoms with E-state index < -0.39 is 10.8 Å². The lowest BCUT2D eigenvalue weighted by Crippen LogP contribution is -2.30. The Morgan fingerprint density at radius 3 is 2.21 bits per heavy atom. The van der Waals surface area contributed by atoms with Crippen molar-refractivity contribution in [3.05, 3.63) is 53.6 Å². The number of esters is 2. The molecule has 0 fully saturated rings. The Labute approximate surface area is 240 Å². The molecule has 0 bridgehead atoms. The summed E-state index contributed by atoms with van der Waals surface area (Å²) in [6.07, 6.45) is 2.44. The molecular formula is C31H38O6S2. The van der Waals surface area contributed by atoms with Crippen LogP contribution in [0.3, 0.4) is 0 Å². The van der Waals surface area contributed by atoms with Crippen LogP contribution in [0.2, 0.25) is 0 Å². The summed E-state index contributed by atoms with van der Waals surface area (Å²) >= 11 is 3.20. The summed E-state index contributed by atoms with van der Waals surface area (Å²) in [7, 11) is 0. The van der Waals surface area contributed by atoms with Gasteiger partial charge in [-0.1, -0.05) is 44.2 Å². The molecule has 1 unspecified atom stereocenters. The summed E-state index contributed by atoms with van der Waals surface area (Å²) in [5.74, 6) is 1.09. The van der Waals surface area contributed by atoms with Gasteiger partial charge in [0.2, 0.25) is 0 Å². The summed E-state index contributed by atoms with van der Waals surface area (Å²) in [6.45, 7) is 11.7. The van der Waals surface area contributed by atoms with Gasteiger partial charge in [-0.2, -0.15) is 0 Å². The molecule has 0 spiro atoms. The van der Waals surface area contributed by atoms with Crippen LogP contribution in [0.25, 0.3) is 0 Å². The van der Waals surface area contributed by atoms with Crippen molar-refractivity contribution in [1.82, 2.24) is 0 Å². The van der Waals surface area contributed by atoms with Crippen LogP contribution < -0.4 is 4.74 Å². The van der Waals surface area contributed by atoms with Crippen molar-refractivity contribution in [2.75, 3.05) is 12.4 Å². The van der Waals surface area contributed by atoms with E-state index in [1.165, 1.54) is 0 Å². The number of benzene rings is 2. The zero-order valence-electron chi connectivity index (χ0n) is 23.6. The molecule has 8 heteroatoms. The largest absolute Gasteiger partial charge is 0.464 e. The minimum Gasteiger partial charge on any atom is -0.464 e. The summed E-state index contributed by atoms with van der Waals surface area (Å²) < 4.78 is 10.9. The summed E-state index contributed by atoms with van der Waals surface area (Å²) in [4.78, 5) is 49.7. The number of thioether (sulfide) groups is 2. The van der Waals surface area contributed by atoms with E-state index in [4.69, 9.17) is 9.47 Å². The standard InChI is InChI=1S/C16H20O3S.C15H18O3S/c1-4-16(2,3)15(18)19-10-11-9-13(17)12-7-5-6-8-14(12)20-11;1-4-15(2,3)14(17)18-12-7-5-6-10-11(16)8-9-19-13(10)12/h5-8,11H,4,9-10H2,1-3H3;5-7H,4,8-9H2,1-3H3. The zero-order chi connectivity index (χ0) is 28.8. The van der Waals surface area contributed by atoms with Gasteiger partial charge in [-0.25, -0.2) is 0 Å². The number of Topliss-reactive ketones (excluding diaryl/α,β-unsaturated/α-hetero) is 2. The average molecular weight is 571 g/mol. The molecule has 0 N–H and O–H groups in total. The highest BCUT2D eigenvalue weighted by Crippen LogP contribution is 2.39. The second-order valence-electron chi connectivity index (χ2n) is 11.0. The van der Waals surface area contributed by atoms with Crippen molar-refractivity contribution < 1.29 is 28.7 Å². The lowest BCUT2D eigenvalue weighted by Gasteiger charge is -2.25. The monoisotopic (exact) mass is 570 g/mol. The lowest BCUT2D eigenvalue weighted by molar-refractivity contribution is -0.154. The van der Waals surface area contributed by atoms with Gasteiger partial charge in [0.15, 0.2) is 11.6 Å². The molecule has 39 heavy (non-hydrogen) atoms. The van der Waals surface area contributed by atoms with E-state index in [-0.39, 0.29) is 28.8 Å². The maximum atomic E-state index is 12.1. The van der Waals surface area contributed by atoms with Gasteiger partial charge in [0.25, 0.3) is 0 Å². The smallest absolute Gasteiger partial charge is 0.316 e. The van der Waals surface area contributed by atoms with E-state index in [2.05, 4.69) is 0 Å². The number of hydrogen-bond donors (Lipinski definition) is 0. The minimum atomic E-state index is -0.508. The highest BCUT2D eigenvalue weighted by molar-refractivity contribution is 8.00. The number of fused-ring (bicyclic) bond motifs is 2. The molecule has 1 atom stereocenters. The Balaban J connectivity index is 0.000000216. The maximum absolute atomic E-state index is 12.1. The molecule has 2 aliphatic heterocycles. The van der Waals surface area contributed by atoms with Crippen molar-refractivity contribution in [2.45, 2.75) is 82.3 Å². The second kappa shape index (κ2) is 13.2. The molecule has 0 aliphatic carbocycles. The molecule has 0 amide bonds. The summed E-state index contributed by atoms with van der Waals surface area (Å²) in [5.41, 5.74) is 0.498. The van der Waals surface area contributed by atoms with Crippen LogP contribution in [0.15, 0.2) is 52.3 Å². The SMILES string of the molecule is CCC(C)(C)C(=O)OCC1CC(=O)c2ccccc2S1.CCC(C)(C)C(=O)Oc1cccc2c1SCCC2=O. The molecule has 6 nitrogen and oxygen atoms in total. The van der Waals surface area contributed by atoms with E-state index in [1.54, 1.807) is 41.7 Å². The van der Waals surface area contributed by atoms with Crippen molar-refractivity contribution in [2.24, 2.45) is 10.8 Å². The van der Waals surface area contributed by atoms with Crippen LogP contribution in [0.1, 0.15) is 87.9 Å². The highest BCUT2D eigenvalue weighted by Gasteiger charge is 2.31. The Kier molecular flexibility index (Phi) is 10.5. The molecule has 210 valence electrons. The van der Waals surface area contributed by atoms with Crippen LogP contribution in [0.4, 0.5) is 0 Å². The van der Waals surface area contributed by atoms with Crippen molar-refractivity contribution in [3.8, 4) is 5.75 Å². The third kappa shape index (κ3) is 7.76. The van der Waals surface area contributed by atoms with Crippen LogP contribution in [-0.2, 0) is 14.3 Å². The first-order valence-electron chi connectivity index (χ1n) is 13.4. The summed E-state index contributed by atoms with van der Waals surface area (Å²) in [6, 6.07) is 12.9. The number of carbonyl (C=O) groups excluding carboxylic acids is 4. The Morgan fingerprint density at radius 2 is 1.51 bits per heavy atom. The van der Waals surface area contributed by atoms with E-state index >= 15 is 0 Å². The van der Waals surface area contributed by atoms with Crippen molar-refractivity contribution in [1.29, 1.82) is 0 Å². The van der Waals surface area contributed by atoms with E-state index in [0.717, 1.165) is 27.5 Å². The van der Waals surface area contributed by atoms with Crippen molar-refractivity contribution in [3.63, 3.8) is 0 Å². The van der Waals surface area contributed by atoms with Gasteiger partial charge in [0, 0.05) is 34.6 Å². The second-order valence-corrected chi connectivity index (χ2v) is 13.4. The minimum absolute atomic E-state index is 0.0222. The molecule has 0 saturated carbocycles. The van der Waals surface area contributed by atoms with Crippen LogP contribution in [0.5, 0.6) is 5.75 Å². The van der Waals surface area contributed by atoms with Gasteiger partial charge in [0.1, 0.15) is 12.4 Å². The molecular weight excluding hydrogens is 532 g/mol. The average Bonchev–Trinajstić information content (AvgIpc) is 2.92. The van der Waals surface area contributed by atoms with Crippen molar-refractivity contribution >= 4 is 47.0 Å². The van der Waals surface area contributed by atoms with E-state index in [9.17, 15) is 19.2 Å². The van der Waals surface area contributed by atoms with Gasteiger partial charge in [-0.15, -0.1) is 23.5 Å². The van der Waals surface area contributed by atoms with Crippen LogP contribution in [0, 0.1) is 10.8 Å². The zero-order valence-corrected chi connectivity index (χ0v) is 25.3. The third-order valence-corrected chi connectivity index (χ3v) is 9.59. The first kappa shape index (κ1) is 31.0. The van der Waals surface area contributed by atoms with Gasteiger partial charge < -0.3 is 9.47 Å². The normalized spacial score (nSPS) is 16.8. The van der Waals surface area contributed by atoms with Gasteiger partial charge >= 0.3 is 11.9 Å². The Hall–Kier alpha value is -2.58. The number of carbonyl (C=O) groups is 4. The fourth-order valence-corrected chi connectivity index (χ4v) is 5.94. The highest BCUT2D eigenvalue weighted by atomic mass is 32.2. The van der Waals surface area contributed by atoms with Gasteiger partial charge in [-0.3, -0.25) is 19.2 Å². The third-order valence-electron chi connectivity index (χ3n) is 7.22. The Morgan fingerprint density at radius 1 is 0.872 bits per heavy atom. The maximum Gasteiger partial charge on any atom is 0.316 e. The van der Waals surface area contributed by atoms with E-state index in [1.807, 2.05) is 65.8 Å². The molecule has 2 aromatic rings. The number of rotatable bonds is 7. The predicted octanol–water partition coefficient (Wildman–Crippen LogP) is 7.42. The summed E-state index contributed by atoms with van der Waals surface area (Å²) in [5, 5.41) is 0.0222. The number of hydrogen-bond acceptors (Lipinski definition) is 8. The first-order chi connectivity index (χ1) is 18.4. The van der Waals surface area contributed by atoms with Crippen LogP contribution >= 0.6 is 23.5 Å².